The number of hydrogen-bond acceptors (Lipinski definition) is 3. The molecule has 0 spiro atoms. The van der Waals surface area contributed by atoms with Gasteiger partial charge in [0.1, 0.15) is 0 Å². The molecule has 0 bridgehead atoms. The van der Waals surface area contributed by atoms with Gasteiger partial charge >= 0.3 is 0 Å². The van der Waals surface area contributed by atoms with Crippen LogP contribution in [0.25, 0.3) is 10.9 Å². The Hall–Kier alpha value is -0.740. The molecule has 1 N–H and O–H groups in total. The number of anilines is 1. The van der Waals surface area contributed by atoms with Crippen LogP contribution >= 0.6 is 27.7 Å². The van der Waals surface area contributed by atoms with Gasteiger partial charge in [-0.2, -0.15) is 11.8 Å². The average molecular weight is 311 g/mol. The Morgan fingerprint density at radius 3 is 3.12 bits per heavy atom. The number of pyridine rings is 1. The second-order valence-corrected chi connectivity index (χ2v) is 5.96. The molecule has 4 heteroatoms. The highest BCUT2D eigenvalue weighted by molar-refractivity contribution is 9.10. The average Bonchev–Trinajstić information content (AvgIpc) is 2.34. The quantitative estimate of drug-likeness (QED) is 0.839. The predicted molar refractivity (Wildman–Crippen MR) is 80.9 cm³/mol. The van der Waals surface area contributed by atoms with E-state index in [1.807, 2.05) is 18.0 Å². The molecule has 0 radical (unpaired) electrons. The van der Waals surface area contributed by atoms with Crippen LogP contribution in [0.4, 0.5) is 5.69 Å². The molecule has 0 saturated carbocycles. The van der Waals surface area contributed by atoms with E-state index in [0.717, 1.165) is 33.4 Å². The van der Waals surface area contributed by atoms with Gasteiger partial charge in [-0.15, -0.1) is 0 Å². The first kappa shape index (κ1) is 12.7. The Kier molecular flexibility index (Phi) is 4.68. The molecule has 1 aromatic carbocycles. The minimum absolute atomic E-state index is 0.982. The number of rotatable bonds is 5. The first-order chi connectivity index (χ1) is 8.31. The lowest BCUT2D eigenvalue weighted by molar-refractivity contribution is 1.22. The molecule has 17 heavy (non-hydrogen) atoms. The minimum atomic E-state index is 0.982. The number of para-hydroxylation sites is 1. The summed E-state index contributed by atoms with van der Waals surface area (Å²) in [5.41, 5.74) is 2.16. The highest BCUT2D eigenvalue weighted by atomic mass is 79.9. The van der Waals surface area contributed by atoms with E-state index >= 15 is 0 Å². The van der Waals surface area contributed by atoms with Crippen LogP contribution in [-0.4, -0.2) is 23.0 Å². The fraction of sp³-hybridized carbons (Fsp3) is 0.308. The van der Waals surface area contributed by atoms with Gasteiger partial charge in [0, 0.05) is 28.4 Å². The summed E-state index contributed by atoms with van der Waals surface area (Å²) in [6.45, 7) is 3.16. The summed E-state index contributed by atoms with van der Waals surface area (Å²) in [7, 11) is 0. The number of thioether (sulfide) groups is 1. The van der Waals surface area contributed by atoms with Crippen molar-refractivity contribution in [1.29, 1.82) is 0 Å². The molecular weight excluding hydrogens is 296 g/mol. The van der Waals surface area contributed by atoms with Crippen LogP contribution in [0.1, 0.15) is 6.92 Å². The third kappa shape index (κ3) is 3.36. The maximum atomic E-state index is 4.46. The monoisotopic (exact) mass is 310 g/mol. The van der Waals surface area contributed by atoms with Gasteiger partial charge in [-0.25, -0.2) is 0 Å². The van der Waals surface area contributed by atoms with Crippen molar-refractivity contribution in [3.05, 3.63) is 34.9 Å². The van der Waals surface area contributed by atoms with E-state index in [0.29, 0.717) is 0 Å². The summed E-state index contributed by atoms with van der Waals surface area (Å²) in [5.74, 6) is 2.30. The maximum absolute atomic E-state index is 4.46. The van der Waals surface area contributed by atoms with Gasteiger partial charge in [0.05, 0.1) is 11.2 Å². The third-order valence-electron chi connectivity index (χ3n) is 2.44. The molecular formula is C13H15BrN2S. The van der Waals surface area contributed by atoms with Crippen LogP contribution in [0.5, 0.6) is 0 Å². The smallest absolute Gasteiger partial charge is 0.0934 e. The first-order valence-electron chi connectivity index (χ1n) is 5.67. The van der Waals surface area contributed by atoms with E-state index < -0.39 is 0 Å². The third-order valence-corrected chi connectivity index (χ3v) is 3.78. The zero-order valence-electron chi connectivity index (χ0n) is 9.74. The second-order valence-electron chi connectivity index (χ2n) is 3.65. The highest BCUT2D eigenvalue weighted by Crippen LogP contribution is 2.23. The van der Waals surface area contributed by atoms with Gasteiger partial charge in [0.2, 0.25) is 0 Å². The molecule has 1 aromatic heterocycles. The molecule has 0 atom stereocenters. The van der Waals surface area contributed by atoms with E-state index in [1.165, 1.54) is 5.75 Å². The van der Waals surface area contributed by atoms with Gasteiger partial charge < -0.3 is 5.32 Å². The number of hydrogen-bond donors (Lipinski definition) is 1. The van der Waals surface area contributed by atoms with Gasteiger partial charge in [-0.05, 0) is 33.8 Å². The number of nitrogens with one attached hydrogen (secondary N) is 1. The normalized spacial score (nSPS) is 10.7. The summed E-state index contributed by atoms with van der Waals surface area (Å²) in [5, 5.41) is 4.60. The Morgan fingerprint density at radius 1 is 1.41 bits per heavy atom. The van der Waals surface area contributed by atoms with E-state index in [1.54, 1.807) is 0 Å². The number of benzene rings is 1. The van der Waals surface area contributed by atoms with Crippen molar-refractivity contribution in [2.24, 2.45) is 0 Å². The van der Waals surface area contributed by atoms with E-state index in [-0.39, 0.29) is 0 Å². The maximum Gasteiger partial charge on any atom is 0.0934 e. The Balaban J connectivity index is 2.16. The fourth-order valence-electron chi connectivity index (χ4n) is 1.68. The van der Waals surface area contributed by atoms with Crippen molar-refractivity contribution in [2.75, 3.05) is 23.4 Å². The summed E-state index contributed by atoms with van der Waals surface area (Å²) in [4.78, 5) is 4.46. The molecule has 0 unspecified atom stereocenters. The Morgan fingerprint density at radius 2 is 2.29 bits per heavy atom. The SMILES string of the molecule is CCSCCNc1cccc2cc(Br)cnc12. The van der Waals surface area contributed by atoms with Crippen molar-refractivity contribution >= 4 is 44.3 Å². The van der Waals surface area contributed by atoms with Crippen LogP contribution in [0, 0.1) is 0 Å². The molecule has 2 aromatic rings. The van der Waals surface area contributed by atoms with Gasteiger partial charge in [-0.3, -0.25) is 4.98 Å². The van der Waals surface area contributed by atoms with Crippen molar-refractivity contribution < 1.29 is 0 Å². The summed E-state index contributed by atoms with van der Waals surface area (Å²) in [6.07, 6.45) is 1.84. The molecule has 1 heterocycles. The predicted octanol–water partition coefficient (Wildman–Crippen LogP) is 4.16. The van der Waals surface area contributed by atoms with Gasteiger partial charge in [0.15, 0.2) is 0 Å². The van der Waals surface area contributed by atoms with Crippen molar-refractivity contribution in [1.82, 2.24) is 4.98 Å². The topological polar surface area (TPSA) is 24.9 Å². The molecule has 0 aliphatic rings. The number of fused-ring (bicyclic) bond motifs is 1. The highest BCUT2D eigenvalue weighted by Gasteiger charge is 2.01. The standard InChI is InChI=1S/C13H15BrN2S/c1-2-17-7-6-15-12-5-3-4-10-8-11(14)9-16-13(10)12/h3-5,8-9,15H,2,6-7H2,1H3. The molecule has 0 aliphatic carbocycles. The molecule has 0 fully saturated rings. The van der Waals surface area contributed by atoms with E-state index in [2.05, 4.69) is 57.4 Å². The minimum Gasteiger partial charge on any atom is -0.382 e. The summed E-state index contributed by atoms with van der Waals surface area (Å²) < 4.78 is 1.02. The van der Waals surface area contributed by atoms with Gasteiger partial charge in [0.25, 0.3) is 0 Å². The van der Waals surface area contributed by atoms with Crippen LogP contribution in [0.15, 0.2) is 34.9 Å². The Labute approximate surface area is 114 Å². The fourth-order valence-corrected chi connectivity index (χ4v) is 2.56. The number of aromatic nitrogens is 1. The van der Waals surface area contributed by atoms with Crippen LogP contribution < -0.4 is 5.32 Å². The molecule has 2 rings (SSSR count). The molecule has 2 nitrogen and oxygen atoms in total. The van der Waals surface area contributed by atoms with Crippen LogP contribution in [-0.2, 0) is 0 Å². The number of nitrogens with zero attached hydrogens (tertiary/aromatic N) is 1. The van der Waals surface area contributed by atoms with Gasteiger partial charge in [-0.1, -0.05) is 19.1 Å². The molecule has 0 amide bonds. The zero-order valence-corrected chi connectivity index (χ0v) is 12.1. The van der Waals surface area contributed by atoms with Crippen LogP contribution in [0.3, 0.4) is 0 Å². The summed E-state index contributed by atoms with van der Waals surface area (Å²) in [6, 6.07) is 8.32. The first-order valence-corrected chi connectivity index (χ1v) is 7.62. The lowest BCUT2D eigenvalue weighted by Gasteiger charge is -2.08. The van der Waals surface area contributed by atoms with Crippen molar-refractivity contribution in [3.63, 3.8) is 0 Å². The second kappa shape index (κ2) is 6.26. The molecule has 0 saturated heterocycles. The largest absolute Gasteiger partial charge is 0.382 e. The van der Waals surface area contributed by atoms with Crippen molar-refractivity contribution in [2.45, 2.75) is 6.92 Å². The summed E-state index contributed by atoms with van der Waals surface area (Å²) >= 11 is 5.39. The number of halogens is 1. The zero-order chi connectivity index (χ0) is 12.1. The van der Waals surface area contributed by atoms with E-state index in [4.69, 9.17) is 0 Å². The Bertz CT molecular complexity index is 502. The van der Waals surface area contributed by atoms with E-state index in [9.17, 15) is 0 Å². The molecule has 90 valence electrons. The lowest BCUT2D eigenvalue weighted by atomic mass is 10.2. The lowest BCUT2D eigenvalue weighted by Crippen LogP contribution is -2.05. The van der Waals surface area contributed by atoms with Crippen LogP contribution in [0.2, 0.25) is 0 Å². The van der Waals surface area contributed by atoms with Crippen molar-refractivity contribution in [3.8, 4) is 0 Å². The molecule has 0 aliphatic heterocycles.